The number of halogens is 1. The maximum Gasteiger partial charge on any atom is 0.250 e. The zero-order valence-electron chi connectivity index (χ0n) is 16.5. The molecule has 1 N–H and O–H groups in total. The van der Waals surface area contributed by atoms with Gasteiger partial charge in [-0.1, -0.05) is 11.6 Å². The van der Waals surface area contributed by atoms with Crippen molar-refractivity contribution in [2.75, 3.05) is 31.1 Å². The van der Waals surface area contributed by atoms with Crippen LogP contribution in [0.25, 0.3) is 12.0 Å². The van der Waals surface area contributed by atoms with Crippen LogP contribution in [0.2, 0.25) is 5.02 Å². The maximum absolute atomic E-state index is 10.1. The summed E-state index contributed by atoms with van der Waals surface area (Å²) >= 11 is 6.09. The fraction of sp³-hybridized carbons (Fsp3) is 0.286. The summed E-state index contributed by atoms with van der Waals surface area (Å²) < 4.78 is 1.75. The second-order valence-corrected chi connectivity index (χ2v) is 7.48. The molecule has 150 valence electrons. The van der Waals surface area contributed by atoms with E-state index in [1.54, 1.807) is 35.3 Å². The first-order valence-corrected chi connectivity index (χ1v) is 9.89. The summed E-state index contributed by atoms with van der Waals surface area (Å²) in [6, 6.07) is 6.95. The summed E-state index contributed by atoms with van der Waals surface area (Å²) in [4.78, 5) is 13.0. The predicted molar refractivity (Wildman–Crippen MR) is 114 cm³/mol. The molecule has 4 rings (SSSR count). The van der Waals surface area contributed by atoms with Crippen molar-refractivity contribution in [1.29, 1.82) is 0 Å². The maximum atomic E-state index is 10.1. The highest BCUT2D eigenvalue weighted by atomic mass is 35.5. The van der Waals surface area contributed by atoms with E-state index < -0.39 is 0 Å². The van der Waals surface area contributed by atoms with Crippen molar-refractivity contribution in [3.8, 4) is 11.7 Å². The van der Waals surface area contributed by atoms with E-state index in [2.05, 4.69) is 37.9 Å². The molecule has 0 radical (unpaired) electrons. The van der Waals surface area contributed by atoms with Gasteiger partial charge in [0.1, 0.15) is 5.75 Å². The monoisotopic (exact) mass is 410 g/mol. The topological polar surface area (TPSA) is 70.3 Å². The van der Waals surface area contributed by atoms with Crippen LogP contribution in [0.3, 0.4) is 0 Å². The van der Waals surface area contributed by atoms with Gasteiger partial charge in [0.15, 0.2) is 0 Å². The van der Waals surface area contributed by atoms with E-state index in [1.165, 1.54) is 5.70 Å². The highest BCUT2D eigenvalue weighted by Gasteiger charge is 2.20. The van der Waals surface area contributed by atoms with Crippen LogP contribution in [0.5, 0.6) is 5.75 Å². The highest BCUT2D eigenvalue weighted by molar-refractivity contribution is 6.30. The lowest BCUT2D eigenvalue weighted by Crippen LogP contribution is -2.45. The lowest BCUT2D eigenvalue weighted by Gasteiger charge is -2.38. The molecule has 1 aromatic carbocycles. The molecule has 0 unspecified atom stereocenters. The lowest BCUT2D eigenvalue weighted by molar-refractivity contribution is 0.323. The molecule has 3 aromatic rings. The Kier molecular flexibility index (Phi) is 5.40. The van der Waals surface area contributed by atoms with Crippen molar-refractivity contribution in [3.63, 3.8) is 0 Å². The molecular weight excluding hydrogens is 388 g/mol. The van der Waals surface area contributed by atoms with Gasteiger partial charge in [-0.3, -0.25) is 0 Å². The van der Waals surface area contributed by atoms with Crippen molar-refractivity contribution in [2.45, 2.75) is 13.8 Å². The van der Waals surface area contributed by atoms with Crippen LogP contribution in [0.4, 0.5) is 5.69 Å². The quantitative estimate of drug-likeness (QED) is 0.709. The first-order valence-electron chi connectivity index (χ1n) is 9.51. The fourth-order valence-corrected chi connectivity index (χ4v) is 3.70. The molecule has 0 atom stereocenters. The van der Waals surface area contributed by atoms with Gasteiger partial charge in [0, 0.05) is 54.9 Å². The van der Waals surface area contributed by atoms with E-state index in [4.69, 9.17) is 11.6 Å². The Labute approximate surface area is 174 Å². The third kappa shape index (κ3) is 4.05. The van der Waals surface area contributed by atoms with E-state index in [0.29, 0.717) is 11.0 Å². The molecule has 7 nitrogen and oxygen atoms in total. The minimum atomic E-state index is 0.265. The molecule has 0 spiro atoms. The molecule has 1 saturated heterocycles. The van der Waals surface area contributed by atoms with Crippen molar-refractivity contribution >= 4 is 23.4 Å². The first-order chi connectivity index (χ1) is 14.0. The second kappa shape index (κ2) is 8.13. The molecule has 0 aliphatic carbocycles. The molecule has 1 aliphatic heterocycles. The third-order valence-electron chi connectivity index (χ3n) is 5.21. The van der Waals surface area contributed by atoms with Crippen molar-refractivity contribution < 1.29 is 5.11 Å². The number of hydrogen-bond donors (Lipinski definition) is 1. The van der Waals surface area contributed by atoms with Gasteiger partial charge in [-0.25, -0.2) is 14.6 Å². The molecule has 29 heavy (non-hydrogen) atoms. The smallest absolute Gasteiger partial charge is 0.250 e. The van der Waals surface area contributed by atoms with E-state index in [0.717, 1.165) is 43.1 Å². The number of benzene rings is 1. The van der Waals surface area contributed by atoms with Crippen LogP contribution >= 0.6 is 11.6 Å². The average molecular weight is 411 g/mol. The molecule has 0 amide bonds. The molecule has 1 aliphatic rings. The van der Waals surface area contributed by atoms with Crippen LogP contribution in [-0.4, -0.2) is 55.9 Å². The molecule has 1 fully saturated rings. The van der Waals surface area contributed by atoms with Crippen molar-refractivity contribution in [1.82, 2.24) is 24.6 Å². The van der Waals surface area contributed by atoms with Crippen LogP contribution < -0.4 is 4.90 Å². The van der Waals surface area contributed by atoms with Gasteiger partial charge < -0.3 is 14.9 Å². The summed E-state index contributed by atoms with van der Waals surface area (Å²) in [6.07, 6.45) is 7.41. The average Bonchev–Trinajstić information content (AvgIpc) is 3.10. The Balaban J connectivity index is 1.46. The van der Waals surface area contributed by atoms with E-state index >= 15 is 0 Å². The number of rotatable bonds is 4. The summed E-state index contributed by atoms with van der Waals surface area (Å²) in [6.45, 7) is 7.49. The lowest BCUT2D eigenvalue weighted by atomic mass is 10.2. The van der Waals surface area contributed by atoms with Crippen molar-refractivity contribution in [2.24, 2.45) is 0 Å². The predicted octanol–water partition coefficient (Wildman–Crippen LogP) is 3.51. The summed E-state index contributed by atoms with van der Waals surface area (Å²) in [5, 5.41) is 15.2. The van der Waals surface area contributed by atoms with Gasteiger partial charge in [-0.15, -0.1) is 0 Å². The van der Waals surface area contributed by atoms with Crippen LogP contribution in [0, 0.1) is 6.92 Å². The number of phenols is 1. The summed E-state index contributed by atoms with van der Waals surface area (Å²) in [5.74, 6) is 0.832. The molecule has 0 saturated carbocycles. The number of aromatic hydroxyl groups is 1. The van der Waals surface area contributed by atoms with Gasteiger partial charge in [0.25, 0.3) is 5.95 Å². The van der Waals surface area contributed by atoms with Crippen LogP contribution in [-0.2, 0) is 0 Å². The first kappa shape index (κ1) is 19.3. The van der Waals surface area contributed by atoms with E-state index in [1.807, 2.05) is 19.2 Å². The number of hydrogen-bond acceptors (Lipinski definition) is 6. The zero-order chi connectivity index (χ0) is 20.4. The Hall–Kier alpha value is -3.06. The molecule has 8 heteroatoms. The van der Waals surface area contributed by atoms with Gasteiger partial charge >= 0.3 is 0 Å². The number of anilines is 1. The van der Waals surface area contributed by atoms with Crippen LogP contribution in [0.1, 0.15) is 18.2 Å². The Morgan fingerprint density at radius 2 is 1.86 bits per heavy atom. The molecular formula is C21H23ClN6O. The van der Waals surface area contributed by atoms with Gasteiger partial charge in [0.2, 0.25) is 0 Å². The van der Waals surface area contributed by atoms with Crippen molar-refractivity contribution in [3.05, 3.63) is 64.8 Å². The van der Waals surface area contributed by atoms with E-state index in [9.17, 15) is 5.11 Å². The minimum absolute atomic E-state index is 0.265. The Morgan fingerprint density at radius 3 is 2.59 bits per heavy atom. The number of phenolic OH excluding ortho intramolecular Hbond substituents is 1. The SMILES string of the molecule is C/C(=C/c1cnn(-c2ncccn2)c1C)N1CCN(c2cc(Cl)ccc2O)CC1. The Bertz CT molecular complexity index is 1020. The normalized spacial score (nSPS) is 15.1. The van der Waals surface area contributed by atoms with E-state index in [-0.39, 0.29) is 5.75 Å². The number of allylic oxidation sites excluding steroid dienone is 1. The standard InChI is InChI=1S/C21H23ClN6O/c1-15(12-17-14-25-28(16(17)2)21-23-6-3-7-24-21)26-8-10-27(11-9-26)19-13-18(22)4-5-20(19)29/h3-7,12-14,29H,8-11H2,1-2H3/b15-12-. The zero-order valence-corrected chi connectivity index (χ0v) is 17.2. The second-order valence-electron chi connectivity index (χ2n) is 7.04. The van der Waals surface area contributed by atoms with Gasteiger partial charge in [-0.2, -0.15) is 5.10 Å². The third-order valence-corrected chi connectivity index (χ3v) is 5.45. The number of nitrogens with zero attached hydrogens (tertiary/aromatic N) is 6. The summed E-state index contributed by atoms with van der Waals surface area (Å²) in [5.41, 5.74) is 4.01. The molecule has 3 heterocycles. The van der Waals surface area contributed by atoms with Gasteiger partial charge in [0.05, 0.1) is 17.6 Å². The molecule has 0 bridgehead atoms. The summed E-state index contributed by atoms with van der Waals surface area (Å²) in [7, 11) is 0. The minimum Gasteiger partial charge on any atom is -0.506 e. The fourth-order valence-electron chi connectivity index (χ4n) is 3.53. The number of aromatic nitrogens is 4. The highest BCUT2D eigenvalue weighted by Crippen LogP contribution is 2.31. The van der Waals surface area contributed by atoms with Gasteiger partial charge in [-0.05, 0) is 44.2 Å². The largest absolute Gasteiger partial charge is 0.506 e. The molecule has 2 aromatic heterocycles. The Morgan fingerprint density at radius 1 is 1.14 bits per heavy atom. The number of piperazine rings is 1. The van der Waals surface area contributed by atoms with Crippen LogP contribution in [0.15, 0.2) is 48.6 Å².